The predicted octanol–water partition coefficient (Wildman–Crippen LogP) is 3.43. The lowest BCUT2D eigenvalue weighted by Gasteiger charge is -2.37. The van der Waals surface area contributed by atoms with Crippen molar-refractivity contribution in [3.8, 4) is 0 Å². The van der Waals surface area contributed by atoms with Gasteiger partial charge in [0, 0.05) is 5.41 Å². The third-order valence-electron chi connectivity index (χ3n) is 5.96. The fraction of sp³-hybridized carbons (Fsp3) is 1.00. The Hall–Kier alpha value is -0.400. The number of nitrogens with zero attached hydrogens (tertiary/aromatic N) is 2. The van der Waals surface area contributed by atoms with Crippen LogP contribution in [0.3, 0.4) is 0 Å². The Morgan fingerprint density at radius 1 is 0.857 bits per heavy atom. The zero-order valence-corrected chi connectivity index (χ0v) is 9.67. The molecule has 2 heteroatoms. The van der Waals surface area contributed by atoms with Crippen LogP contribution in [0.5, 0.6) is 0 Å². The van der Waals surface area contributed by atoms with Crippen LogP contribution in [0.25, 0.3) is 0 Å². The Balaban J connectivity index is 2.20. The Bertz CT molecular complexity index is 292. The van der Waals surface area contributed by atoms with Crippen molar-refractivity contribution >= 4 is 0 Å². The fourth-order valence-electron chi connectivity index (χ4n) is 4.35. The van der Waals surface area contributed by atoms with Crippen molar-refractivity contribution < 1.29 is 0 Å². The minimum absolute atomic E-state index is 0.128. The lowest BCUT2D eigenvalue weighted by Crippen LogP contribution is -2.44. The molecule has 0 amide bonds. The molecular weight excluding hydrogens is 172 g/mol. The quantitative estimate of drug-likeness (QED) is 0.562. The van der Waals surface area contributed by atoms with E-state index in [1.807, 2.05) is 0 Å². The van der Waals surface area contributed by atoms with Gasteiger partial charge in [0.15, 0.2) is 0 Å². The van der Waals surface area contributed by atoms with Crippen LogP contribution in [-0.4, -0.2) is 11.1 Å². The summed E-state index contributed by atoms with van der Waals surface area (Å²) in [4.78, 5) is 0. The summed E-state index contributed by atoms with van der Waals surface area (Å²) in [5, 5.41) is 9.26. The van der Waals surface area contributed by atoms with E-state index in [1.54, 1.807) is 0 Å². The van der Waals surface area contributed by atoms with Gasteiger partial charge in [0.2, 0.25) is 0 Å². The van der Waals surface area contributed by atoms with Crippen LogP contribution < -0.4 is 0 Å². The SMILES string of the molecule is CC12N=NC(C)(C3CCCC31)C2(C)C. The smallest absolute Gasteiger partial charge is 0.0894 e. The third kappa shape index (κ3) is 0.600. The van der Waals surface area contributed by atoms with Crippen molar-refractivity contribution in [3.63, 3.8) is 0 Å². The summed E-state index contributed by atoms with van der Waals surface area (Å²) in [6, 6.07) is 0. The minimum atomic E-state index is 0.128. The van der Waals surface area contributed by atoms with E-state index in [0.29, 0.717) is 0 Å². The molecule has 0 N–H and O–H groups in total. The molecule has 0 aromatic carbocycles. The Morgan fingerprint density at radius 3 is 1.71 bits per heavy atom. The second-order valence-corrected chi connectivity index (χ2v) is 6.26. The molecule has 2 bridgehead atoms. The number of fused-ring (bicyclic) bond motifs is 5. The van der Waals surface area contributed by atoms with Gasteiger partial charge < -0.3 is 0 Å². The maximum atomic E-state index is 4.63. The second-order valence-electron chi connectivity index (χ2n) is 6.26. The van der Waals surface area contributed by atoms with Crippen molar-refractivity contribution in [2.24, 2.45) is 27.5 Å². The predicted molar refractivity (Wildman–Crippen MR) is 56.3 cm³/mol. The van der Waals surface area contributed by atoms with Gasteiger partial charge in [-0.15, -0.1) is 0 Å². The van der Waals surface area contributed by atoms with Crippen molar-refractivity contribution in [3.05, 3.63) is 0 Å². The first-order chi connectivity index (χ1) is 6.43. The number of hydrogen-bond donors (Lipinski definition) is 0. The van der Waals surface area contributed by atoms with Gasteiger partial charge in [0.05, 0.1) is 11.1 Å². The number of hydrogen-bond acceptors (Lipinski definition) is 2. The molecule has 1 aliphatic heterocycles. The standard InChI is InChI=1S/C12H20N2/c1-10(2)11(3)8-6-5-7-9(8)12(10,4)14-13-11/h8-9H,5-7H2,1-4H3. The highest BCUT2D eigenvalue weighted by Crippen LogP contribution is 2.70. The largest absolute Gasteiger partial charge is 0.186 e. The summed E-state index contributed by atoms with van der Waals surface area (Å²) in [7, 11) is 0. The zero-order valence-electron chi connectivity index (χ0n) is 9.67. The summed E-state index contributed by atoms with van der Waals surface area (Å²) in [5.74, 6) is 1.61. The van der Waals surface area contributed by atoms with Gasteiger partial charge in [-0.2, -0.15) is 10.2 Å². The third-order valence-corrected chi connectivity index (χ3v) is 5.96. The van der Waals surface area contributed by atoms with Gasteiger partial charge in [0.25, 0.3) is 0 Å². The highest BCUT2D eigenvalue weighted by Gasteiger charge is 2.73. The van der Waals surface area contributed by atoms with Gasteiger partial charge >= 0.3 is 0 Å². The summed E-state index contributed by atoms with van der Waals surface area (Å²) in [6.45, 7) is 9.39. The van der Waals surface area contributed by atoms with Crippen LogP contribution in [0.1, 0.15) is 47.0 Å². The normalized spacial score (nSPS) is 58.0. The molecule has 4 unspecified atom stereocenters. The molecule has 2 saturated carbocycles. The van der Waals surface area contributed by atoms with Crippen LogP contribution in [-0.2, 0) is 0 Å². The molecule has 4 atom stereocenters. The molecule has 0 saturated heterocycles. The van der Waals surface area contributed by atoms with E-state index in [1.165, 1.54) is 19.3 Å². The fourth-order valence-corrected chi connectivity index (χ4v) is 4.35. The molecule has 0 radical (unpaired) electrons. The molecule has 14 heavy (non-hydrogen) atoms. The van der Waals surface area contributed by atoms with E-state index >= 15 is 0 Å². The summed E-state index contributed by atoms with van der Waals surface area (Å²) in [5.41, 5.74) is 0.515. The minimum Gasteiger partial charge on any atom is -0.186 e. The highest BCUT2D eigenvalue weighted by atomic mass is 15.3. The monoisotopic (exact) mass is 192 g/mol. The highest BCUT2D eigenvalue weighted by molar-refractivity contribution is 5.27. The molecule has 2 nitrogen and oxygen atoms in total. The van der Waals surface area contributed by atoms with Crippen LogP contribution in [0.4, 0.5) is 0 Å². The van der Waals surface area contributed by atoms with Crippen LogP contribution in [0, 0.1) is 17.3 Å². The Morgan fingerprint density at radius 2 is 1.29 bits per heavy atom. The van der Waals surface area contributed by atoms with Gasteiger partial charge in [-0.1, -0.05) is 20.3 Å². The summed E-state index contributed by atoms with van der Waals surface area (Å²) >= 11 is 0. The van der Waals surface area contributed by atoms with E-state index in [-0.39, 0.29) is 16.5 Å². The van der Waals surface area contributed by atoms with Crippen molar-refractivity contribution in [2.75, 3.05) is 0 Å². The van der Waals surface area contributed by atoms with E-state index in [2.05, 4.69) is 37.9 Å². The second kappa shape index (κ2) is 2.07. The van der Waals surface area contributed by atoms with E-state index < -0.39 is 0 Å². The molecule has 1 heterocycles. The van der Waals surface area contributed by atoms with Gasteiger partial charge in [0.1, 0.15) is 0 Å². The molecule has 2 aliphatic carbocycles. The molecule has 0 aromatic heterocycles. The molecule has 78 valence electrons. The van der Waals surface area contributed by atoms with E-state index in [4.69, 9.17) is 0 Å². The van der Waals surface area contributed by atoms with E-state index in [9.17, 15) is 0 Å². The molecule has 3 rings (SSSR count). The first kappa shape index (κ1) is 8.87. The van der Waals surface area contributed by atoms with Crippen LogP contribution in [0.15, 0.2) is 10.2 Å². The van der Waals surface area contributed by atoms with Crippen molar-refractivity contribution in [2.45, 2.75) is 58.0 Å². The molecule has 0 spiro atoms. The van der Waals surface area contributed by atoms with Gasteiger partial charge in [-0.05, 0) is 38.5 Å². The molecule has 2 fully saturated rings. The van der Waals surface area contributed by atoms with E-state index in [0.717, 1.165) is 11.8 Å². The molecule has 0 aromatic rings. The van der Waals surface area contributed by atoms with Crippen LogP contribution >= 0.6 is 0 Å². The Kier molecular flexibility index (Phi) is 1.31. The van der Waals surface area contributed by atoms with Crippen molar-refractivity contribution in [1.82, 2.24) is 0 Å². The average molecular weight is 192 g/mol. The van der Waals surface area contributed by atoms with Gasteiger partial charge in [-0.3, -0.25) is 0 Å². The van der Waals surface area contributed by atoms with Crippen molar-refractivity contribution in [1.29, 1.82) is 0 Å². The molecule has 3 aliphatic rings. The number of rotatable bonds is 0. The summed E-state index contributed by atoms with van der Waals surface area (Å²) in [6.07, 6.45) is 4.14. The maximum absolute atomic E-state index is 4.63. The van der Waals surface area contributed by atoms with Crippen LogP contribution in [0.2, 0.25) is 0 Å². The molecular formula is C12H20N2. The lowest BCUT2D eigenvalue weighted by atomic mass is 9.67. The average Bonchev–Trinajstić information content (AvgIpc) is 2.69. The summed E-state index contributed by atoms with van der Waals surface area (Å²) < 4.78 is 0. The number of azo groups is 1. The first-order valence-electron chi connectivity index (χ1n) is 5.87. The van der Waals surface area contributed by atoms with Gasteiger partial charge in [-0.25, -0.2) is 0 Å². The lowest BCUT2D eigenvalue weighted by molar-refractivity contribution is 0.166. The first-order valence-corrected chi connectivity index (χ1v) is 5.87. The topological polar surface area (TPSA) is 24.7 Å². The zero-order chi connectivity index (χ0) is 10.2. The Labute approximate surface area is 86.2 Å². The maximum Gasteiger partial charge on any atom is 0.0894 e.